The molecule has 0 aliphatic heterocycles. The molecule has 0 saturated heterocycles. The van der Waals surface area contributed by atoms with E-state index in [4.69, 9.17) is 5.26 Å². The van der Waals surface area contributed by atoms with Crippen molar-refractivity contribution in [3.05, 3.63) is 157 Å². The molecule has 0 amide bonds. The summed E-state index contributed by atoms with van der Waals surface area (Å²) >= 11 is 0. The minimum atomic E-state index is 0.678. The molecule has 8 aromatic carbocycles. The van der Waals surface area contributed by atoms with Gasteiger partial charge in [0.1, 0.15) is 0 Å². The fraction of sp³-hybridized carbons (Fsp3) is 0. The lowest BCUT2D eigenvalue weighted by Gasteiger charge is -2.14. The van der Waals surface area contributed by atoms with Gasteiger partial charge in [-0.05, 0) is 107 Å². The third kappa shape index (κ3) is 4.01. The Hall–Kier alpha value is -5.71. The fourth-order valence-corrected chi connectivity index (χ4v) is 6.30. The third-order valence-electron chi connectivity index (χ3n) is 8.46. The molecule has 0 aliphatic rings. The van der Waals surface area contributed by atoms with E-state index in [1.54, 1.807) is 0 Å². The Morgan fingerprint density at radius 2 is 0.857 bits per heavy atom. The Morgan fingerprint density at radius 1 is 0.357 bits per heavy atom. The normalized spacial score (nSPS) is 11.3. The second-order valence-electron chi connectivity index (χ2n) is 10.9. The largest absolute Gasteiger partial charge is 0.192 e. The predicted octanol–water partition coefficient (Wildman–Crippen LogP) is 11.2. The molecule has 8 aromatic rings. The Kier molecular flexibility index (Phi) is 5.59. The van der Waals surface area contributed by atoms with Crippen molar-refractivity contribution >= 4 is 43.1 Å². The highest BCUT2D eigenvalue weighted by molar-refractivity contribution is 6.23. The van der Waals surface area contributed by atoms with Gasteiger partial charge < -0.3 is 0 Å². The van der Waals surface area contributed by atoms with Crippen molar-refractivity contribution in [2.24, 2.45) is 0 Å². The highest BCUT2D eigenvalue weighted by Crippen LogP contribution is 2.39. The fourth-order valence-electron chi connectivity index (χ4n) is 6.30. The highest BCUT2D eigenvalue weighted by atomic mass is 14.2. The summed E-state index contributed by atoms with van der Waals surface area (Å²) in [5, 5.41) is 19.3. The summed E-state index contributed by atoms with van der Waals surface area (Å²) in [6.07, 6.45) is 0. The highest BCUT2D eigenvalue weighted by Gasteiger charge is 2.12. The van der Waals surface area contributed by atoms with E-state index in [-0.39, 0.29) is 0 Å². The minimum Gasteiger partial charge on any atom is -0.192 e. The average molecular weight is 532 g/mol. The molecule has 1 heteroatoms. The van der Waals surface area contributed by atoms with Crippen molar-refractivity contribution in [2.75, 3.05) is 0 Å². The van der Waals surface area contributed by atoms with Gasteiger partial charge in [-0.25, -0.2) is 0 Å². The number of nitrogens with zero attached hydrogens (tertiary/aromatic N) is 1. The maximum atomic E-state index is 9.07. The van der Waals surface area contributed by atoms with Crippen LogP contribution in [0.4, 0.5) is 0 Å². The van der Waals surface area contributed by atoms with E-state index < -0.39 is 0 Å². The topological polar surface area (TPSA) is 23.8 Å². The van der Waals surface area contributed by atoms with Gasteiger partial charge in [-0.3, -0.25) is 0 Å². The molecule has 0 atom stereocenters. The van der Waals surface area contributed by atoms with Crippen LogP contribution >= 0.6 is 0 Å². The molecule has 0 heterocycles. The summed E-state index contributed by atoms with van der Waals surface area (Å²) < 4.78 is 0. The Morgan fingerprint density at radius 3 is 1.57 bits per heavy atom. The minimum absolute atomic E-state index is 0.678. The molecule has 0 radical (unpaired) electrons. The first-order valence-corrected chi connectivity index (χ1v) is 14.2. The van der Waals surface area contributed by atoms with Crippen molar-refractivity contribution in [1.29, 1.82) is 5.26 Å². The lowest BCUT2D eigenvalue weighted by atomic mass is 9.90. The molecule has 0 fully saturated rings. The van der Waals surface area contributed by atoms with Crippen LogP contribution in [0, 0.1) is 11.3 Å². The maximum Gasteiger partial charge on any atom is 0.0991 e. The average Bonchev–Trinajstić information content (AvgIpc) is 3.07. The van der Waals surface area contributed by atoms with Gasteiger partial charge in [-0.2, -0.15) is 5.26 Å². The molecular formula is C41H25N. The summed E-state index contributed by atoms with van der Waals surface area (Å²) in [6.45, 7) is 0. The van der Waals surface area contributed by atoms with Crippen molar-refractivity contribution in [2.45, 2.75) is 0 Å². The molecule has 0 spiro atoms. The summed E-state index contributed by atoms with van der Waals surface area (Å²) in [5.74, 6) is 0. The summed E-state index contributed by atoms with van der Waals surface area (Å²) in [5.41, 5.74) is 7.81. The molecule has 1 nitrogen and oxygen atoms in total. The second-order valence-corrected chi connectivity index (χ2v) is 10.9. The monoisotopic (exact) mass is 531 g/mol. The van der Waals surface area contributed by atoms with Crippen LogP contribution in [-0.4, -0.2) is 0 Å². The number of benzene rings is 8. The lowest BCUT2D eigenvalue weighted by Crippen LogP contribution is -1.87. The summed E-state index contributed by atoms with van der Waals surface area (Å²) in [4.78, 5) is 0. The van der Waals surface area contributed by atoms with Crippen LogP contribution in [0.1, 0.15) is 5.56 Å². The first-order valence-electron chi connectivity index (χ1n) is 14.2. The molecule has 42 heavy (non-hydrogen) atoms. The smallest absolute Gasteiger partial charge is 0.0991 e. The number of nitriles is 1. The molecular weight excluding hydrogens is 506 g/mol. The number of hydrogen-bond donors (Lipinski definition) is 0. The Labute approximate surface area is 244 Å². The van der Waals surface area contributed by atoms with Crippen LogP contribution in [0.3, 0.4) is 0 Å². The van der Waals surface area contributed by atoms with Crippen molar-refractivity contribution in [1.82, 2.24) is 0 Å². The molecule has 0 aromatic heterocycles. The quantitative estimate of drug-likeness (QED) is 0.208. The van der Waals surface area contributed by atoms with Gasteiger partial charge in [-0.15, -0.1) is 0 Å². The van der Waals surface area contributed by atoms with Gasteiger partial charge in [0.05, 0.1) is 11.6 Å². The van der Waals surface area contributed by atoms with E-state index in [1.807, 2.05) is 24.3 Å². The SMILES string of the molecule is N#Cc1ccc(-c2ccc(-c3ccc4cc(-c5cc6ccc7ccccc7c6c6ccccc56)ccc4c3)cc2)cc1. The third-order valence-corrected chi connectivity index (χ3v) is 8.46. The second kappa shape index (κ2) is 9.73. The Bertz CT molecular complexity index is 2340. The van der Waals surface area contributed by atoms with Crippen LogP contribution in [0.5, 0.6) is 0 Å². The molecule has 0 bridgehead atoms. The zero-order valence-electron chi connectivity index (χ0n) is 22.9. The summed E-state index contributed by atoms with van der Waals surface area (Å²) in [6, 6.07) is 56.4. The molecule has 0 N–H and O–H groups in total. The van der Waals surface area contributed by atoms with Crippen molar-refractivity contribution < 1.29 is 0 Å². The zero-order valence-corrected chi connectivity index (χ0v) is 22.9. The van der Waals surface area contributed by atoms with E-state index >= 15 is 0 Å². The van der Waals surface area contributed by atoms with Crippen LogP contribution < -0.4 is 0 Å². The van der Waals surface area contributed by atoms with E-state index in [1.165, 1.54) is 65.3 Å². The van der Waals surface area contributed by atoms with E-state index in [9.17, 15) is 0 Å². The van der Waals surface area contributed by atoms with Gasteiger partial charge in [0.15, 0.2) is 0 Å². The van der Waals surface area contributed by atoms with Crippen LogP contribution in [0.15, 0.2) is 152 Å². The molecule has 0 aliphatic carbocycles. The van der Waals surface area contributed by atoms with Gasteiger partial charge in [-0.1, -0.05) is 121 Å². The Balaban J connectivity index is 1.19. The molecule has 8 rings (SSSR count). The number of fused-ring (bicyclic) bond motifs is 6. The summed E-state index contributed by atoms with van der Waals surface area (Å²) in [7, 11) is 0. The van der Waals surface area contributed by atoms with E-state index in [0.29, 0.717) is 5.56 Å². The lowest BCUT2D eigenvalue weighted by molar-refractivity contribution is 1.48. The van der Waals surface area contributed by atoms with Crippen LogP contribution in [0.2, 0.25) is 0 Å². The molecule has 0 unspecified atom stereocenters. The van der Waals surface area contributed by atoms with Crippen molar-refractivity contribution in [3.8, 4) is 39.4 Å². The zero-order chi connectivity index (χ0) is 28.0. The molecule has 194 valence electrons. The van der Waals surface area contributed by atoms with E-state index in [0.717, 1.165) is 11.1 Å². The van der Waals surface area contributed by atoms with Gasteiger partial charge >= 0.3 is 0 Å². The molecule has 0 saturated carbocycles. The van der Waals surface area contributed by atoms with Gasteiger partial charge in [0.2, 0.25) is 0 Å². The van der Waals surface area contributed by atoms with Gasteiger partial charge in [0.25, 0.3) is 0 Å². The first-order chi connectivity index (χ1) is 20.7. The van der Waals surface area contributed by atoms with Crippen molar-refractivity contribution in [3.63, 3.8) is 0 Å². The number of hydrogen-bond acceptors (Lipinski definition) is 1. The number of rotatable bonds is 3. The van der Waals surface area contributed by atoms with Gasteiger partial charge in [0, 0.05) is 0 Å². The maximum absolute atomic E-state index is 9.07. The standard InChI is InChI=1S/C41H25N/c42-26-27-9-11-28(12-10-27)29-13-15-30(16-14-29)32-18-19-34-24-35(21-20-33(34)23-32)40-25-36-22-17-31-5-1-2-6-37(31)41(36)39-8-4-3-7-38(39)40/h1-25H. The van der Waals surface area contributed by atoms with Crippen LogP contribution in [0.25, 0.3) is 76.5 Å². The van der Waals surface area contributed by atoms with E-state index in [2.05, 4.69) is 133 Å². The predicted molar refractivity (Wildman–Crippen MR) is 177 cm³/mol. The van der Waals surface area contributed by atoms with Crippen LogP contribution in [-0.2, 0) is 0 Å². The first kappa shape index (κ1) is 24.1.